The number of halogens is 11. The van der Waals surface area contributed by atoms with Crippen molar-refractivity contribution in [3.8, 4) is 0 Å². The molecule has 3 atom stereocenters. The third-order valence-corrected chi connectivity index (χ3v) is 4.31. The van der Waals surface area contributed by atoms with Crippen LogP contribution >= 0.6 is 0 Å². The summed E-state index contributed by atoms with van der Waals surface area (Å²) in [5, 5.41) is 0. The molecule has 3 unspecified atom stereocenters. The summed E-state index contributed by atoms with van der Waals surface area (Å²) in [5.74, 6) is -23.7. The lowest BCUT2D eigenvalue weighted by Crippen LogP contribution is -2.84. The van der Waals surface area contributed by atoms with Crippen molar-refractivity contribution >= 4 is 0 Å². The van der Waals surface area contributed by atoms with Crippen LogP contribution in [0.3, 0.4) is 0 Å². The van der Waals surface area contributed by atoms with Crippen molar-refractivity contribution in [2.24, 2.45) is 0 Å². The van der Waals surface area contributed by atoms with Crippen LogP contribution in [0.5, 0.6) is 0 Å². The summed E-state index contributed by atoms with van der Waals surface area (Å²) in [6, 6.07) is 0. The standard InChI is InChI=1S/C12H13F11/c1-4-8(17)5-9(18,6(2,13)14)12(22,23)10(19,7(3,15)16)11(8,20)21/h4-5H2,1-3H3. The molecule has 0 aromatic heterocycles. The molecule has 23 heavy (non-hydrogen) atoms. The van der Waals surface area contributed by atoms with Gasteiger partial charge in [-0.25, -0.2) is 30.7 Å². The number of alkyl halides is 11. The minimum atomic E-state index is -6.58. The first-order chi connectivity index (χ1) is 9.77. The highest BCUT2D eigenvalue weighted by molar-refractivity contribution is 5.29. The van der Waals surface area contributed by atoms with E-state index in [1.165, 1.54) is 0 Å². The molecule has 0 bridgehead atoms. The predicted molar refractivity (Wildman–Crippen MR) is 57.6 cm³/mol. The van der Waals surface area contributed by atoms with Gasteiger partial charge in [-0.15, -0.1) is 0 Å². The van der Waals surface area contributed by atoms with Gasteiger partial charge in [-0.3, -0.25) is 0 Å². The molecule has 0 amide bonds. The zero-order valence-corrected chi connectivity index (χ0v) is 12.1. The monoisotopic (exact) mass is 366 g/mol. The first kappa shape index (κ1) is 20.3. The highest BCUT2D eigenvalue weighted by atomic mass is 19.3. The molecule has 1 fully saturated rings. The lowest BCUT2D eigenvalue weighted by atomic mass is 9.60. The lowest BCUT2D eigenvalue weighted by molar-refractivity contribution is -0.426. The summed E-state index contributed by atoms with van der Waals surface area (Å²) in [5.41, 5.74) is -16.7. The topological polar surface area (TPSA) is 0 Å². The molecule has 138 valence electrons. The molecule has 0 spiro atoms. The Labute approximate surface area is 124 Å². The quantitative estimate of drug-likeness (QED) is 0.578. The Morgan fingerprint density at radius 3 is 1.39 bits per heavy atom. The molecule has 1 saturated carbocycles. The highest BCUT2D eigenvalue weighted by Crippen LogP contribution is 2.70. The van der Waals surface area contributed by atoms with Crippen molar-refractivity contribution in [3.05, 3.63) is 0 Å². The van der Waals surface area contributed by atoms with Gasteiger partial charge in [0.15, 0.2) is 5.67 Å². The zero-order valence-electron chi connectivity index (χ0n) is 12.1. The van der Waals surface area contributed by atoms with Crippen molar-refractivity contribution in [1.82, 2.24) is 0 Å². The molecule has 1 aliphatic rings. The molecule has 0 radical (unpaired) electrons. The summed E-state index contributed by atoms with van der Waals surface area (Å²) in [7, 11) is 0. The van der Waals surface area contributed by atoms with Crippen LogP contribution in [-0.2, 0) is 0 Å². The van der Waals surface area contributed by atoms with E-state index in [0.29, 0.717) is 6.92 Å². The normalized spacial score (nSPS) is 41.0. The van der Waals surface area contributed by atoms with Gasteiger partial charge in [0.05, 0.1) is 0 Å². The van der Waals surface area contributed by atoms with Crippen LogP contribution < -0.4 is 0 Å². The second-order valence-corrected chi connectivity index (χ2v) is 5.88. The van der Waals surface area contributed by atoms with Crippen molar-refractivity contribution in [3.63, 3.8) is 0 Å². The summed E-state index contributed by atoms with van der Waals surface area (Å²) < 4.78 is 152. The van der Waals surface area contributed by atoms with Crippen LogP contribution in [0, 0.1) is 0 Å². The molecular weight excluding hydrogens is 353 g/mol. The Bertz CT molecular complexity index is 476. The van der Waals surface area contributed by atoms with Gasteiger partial charge in [0.25, 0.3) is 11.8 Å². The van der Waals surface area contributed by atoms with Crippen LogP contribution in [0.1, 0.15) is 33.6 Å². The Morgan fingerprint density at radius 1 is 0.739 bits per heavy atom. The second kappa shape index (κ2) is 4.65. The minimum absolute atomic E-state index is 0.486. The Kier molecular flexibility index (Phi) is 4.10. The van der Waals surface area contributed by atoms with E-state index in [4.69, 9.17) is 0 Å². The fraction of sp³-hybridized carbons (Fsp3) is 1.00. The van der Waals surface area contributed by atoms with Crippen molar-refractivity contribution in [2.45, 2.75) is 74.3 Å². The van der Waals surface area contributed by atoms with Gasteiger partial charge in [-0.2, -0.15) is 17.6 Å². The SMILES string of the molecule is CCC1(F)CC(F)(C(C)(F)F)C(F)(F)C(F)(C(C)(F)F)C1(F)F. The first-order valence-corrected chi connectivity index (χ1v) is 6.35. The van der Waals surface area contributed by atoms with Crippen molar-refractivity contribution < 1.29 is 48.3 Å². The van der Waals surface area contributed by atoms with E-state index in [1.807, 2.05) is 0 Å². The van der Waals surface area contributed by atoms with Crippen LogP contribution in [0.2, 0.25) is 0 Å². The summed E-state index contributed by atoms with van der Waals surface area (Å²) in [6.45, 7) is -0.834. The average Bonchev–Trinajstić information content (AvgIpc) is 2.32. The molecule has 0 aromatic carbocycles. The largest absolute Gasteiger partial charge is 0.332 e. The Balaban J connectivity index is 3.91. The maximum absolute atomic E-state index is 14.3. The number of rotatable bonds is 3. The van der Waals surface area contributed by atoms with Gasteiger partial charge in [0.1, 0.15) is 0 Å². The van der Waals surface area contributed by atoms with E-state index in [-0.39, 0.29) is 0 Å². The maximum atomic E-state index is 14.3. The summed E-state index contributed by atoms with van der Waals surface area (Å²) in [6.07, 6.45) is -4.48. The van der Waals surface area contributed by atoms with E-state index >= 15 is 0 Å². The van der Waals surface area contributed by atoms with Gasteiger partial charge >= 0.3 is 17.5 Å². The van der Waals surface area contributed by atoms with Gasteiger partial charge in [-0.1, -0.05) is 6.92 Å². The predicted octanol–water partition coefficient (Wildman–Crippen LogP) is 5.51. The van der Waals surface area contributed by atoms with Gasteiger partial charge in [-0.05, 0) is 6.42 Å². The molecule has 0 aromatic rings. The Hall–Kier alpha value is -0.770. The molecule has 0 nitrogen and oxygen atoms in total. The molecule has 1 aliphatic carbocycles. The van der Waals surface area contributed by atoms with Crippen molar-refractivity contribution in [2.75, 3.05) is 0 Å². The van der Waals surface area contributed by atoms with Gasteiger partial charge in [0, 0.05) is 20.3 Å². The van der Waals surface area contributed by atoms with E-state index in [9.17, 15) is 48.3 Å². The van der Waals surface area contributed by atoms with Crippen LogP contribution in [0.25, 0.3) is 0 Å². The van der Waals surface area contributed by atoms with E-state index in [2.05, 4.69) is 0 Å². The zero-order chi connectivity index (χ0) is 18.9. The highest BCUT2D eigenvalue weighted by Gasteiger charge is 2.95. The average molecular weight is 366 g/mol. The van der Waals surface area contributed by atoms with Gasteiger partial charge < -0.3 is 0 Å². The molecule has 1 rings (SSSR count). The lowest BCUT2D eigenvalue weighted by Gasteiger charge is -2.57. The van der Waals surface area contributed by atoms with Crippen LogP contribution in [0.15, 0.2) is 0 Å². The molecule has 0 heterocycles. The van der Waals surface area contributed by atoms with E-state index < -0.39 is 67.4 Å². The molecule has 0 aliphatic heterocycles. The maximum Gasteiger partial charge on any atom is 0.332 e. The number of hydrogen-bond donors (Lipinski definition) is 0. The van der Waals surface area contributed by atoms with Crippen LogP contribution in [-0.4, -0.2) is 40.7 Å². The minimum Gasteiger partial charge on any atom is -0.237 e. The van der Waals surface area contributed by atoms with E-state index in [0.717, 1.165) is 0 Å². The summed E-state index contributed by atoms with van der Waals surface area (Å²) in [4.78, 5) is 0. The molecule has 11 heteroatoms. The second-order valence-electron chi connectivity index (χ2n) is 5.88. The molecule has 0 N–H and O–H groups in total. The fourth-order valence-corrected chi connectivity index (χ4v) is 2.72. The van der Waals surface area contributed by atoms with Crippen LogP contribution in [0.4, 0.5) is 48.3 Å². The number of hydrogen-bond acceptors (Lipinski definition) is 0. The van der Waals surface area contributed by atoms with E-state index in [1.54, 1.807) is 0 Å². The Morgan fingerprint density at radius 2 is 1.13 bits per heavy atom. The summed E-state index contributed by atoms with van der Waals surface area (Å²) >= 11 is 0. The van der Waals surface area contributed by atoms with Gasteiger partial charge in [0.2, 0.25) is 5.67 Å². The smallest absolute Gasteiger partial charge is 0.237 e. The van der Waals surface area contributed by atoms with Crippen molar-refractivity contribution in [1.29, 1.82) is 0 Å². The fourth-order valence-electron chi connectivity index (χ4n) is 2.72. The molecule has 0 saturated heterocycles. The third kappa shape index (κ3) is 2.03. The first-order valence-electron chi connectivity index (χ1n) is 6.35. The third-order valence-electron chi connectivity index (χ3n) is 4.31. The molecular formula is C12H13F11.